The molecule has 2 aromatic rings. The van der Waals surface area contributed by atoms with Gasteiger partial charge in [0.15, 0.2) is 5.96 Å². The van der Waals surface area contributed by atoms with E-state index in [2.05, 4.69) is 22.3 Å². The molecule has 0 aliphatic carbocycles. The number of aliphatic imine (C=N–C) groups is 1. The van der Waals surface area contributed by atoms with E-state index in [4.69, 9.17) is 15.2 Å². The fourth-order valence-corrected chi connectivity index (χ4v) is 4.63. The number of halogens is 1. The van der Waals surface area contributed by atoms with Crippen LogP contribution in [0.5, 0.6) is 5.75 Å². The van der Waals surface area contributed by atoms with Gasteiger partial charge in [0.05, 0.1) is 6.61 Å². The zero-order valence-electron chi connectivity index (χ0n) is 26.1. The van der Waals surface area contributed by atoms with Gasteiger partial charge in [-0.05, 0) is 48.2 Å². The van der Waals surface area contributed by atoms with E-state index in [1.807, 2.05) is 68.1 Å². The number of amides is 2. The summed E-state index contributed by atoms with van der Waals surface area (Å²) in [5, 5.41) is 2.69. The maximum Gasteiger partial charge on any atom is 0.253 e. The molecule has 1 aliphatic rings. The summed E-state index contributed by atoms with van der Waals surface area (Å²) in [6.45, 7) is 11.0. The van der Waals surface area contributed by atoms with Crippen molar-refractivity contribution in [1.82, 2.24) is 15.1 Å². The molecule has 2 amide bonds. The van der Waals surface area contributed by atoms with Gasteiger partial charge >= 0.3 is 0 Å². The predicted molar refractivity (Wildman–Crippen MR) is 173 cm³/mol. The first-order chi connectivity index (χ1) is 19.1. The van der Waals surface area contributed by atoms with E-state index >= 15 is 0 Å². The van der Waals surface area contributed by atoms with E-state index in [1.54, 1.807) is 7.11 Å². The van der Waals surface area contributed by atoms with Crippen LogP contribution in [0.2, 0.25) is 0 Å². The number of hydrogen-bond donors (Lipinski definition) is 2. The zero-order valence-corrected chi connectivity index (χ0v) is 28.9. The normalized spacial score (nSPS) is 14.0. The molecule has 1 saturated heterocycles. The first-order valence-electron chi connectivity index (χ1n) is 14.1. The summed E-state index contributed by atoms with van der Waals surface area (Å²) in [6.07, 6.45) is 1.85. The van der Waals surface area contributed by atoms with Crippen LogP contribution >= 0.6 is 12.4 Å². The summed E-state index contributed by atoms with van der Waals surface area (Å²) >= 11 is 0. The Kier molecular flexibility index (Phi) is 16.7. The quantitative estimate of drug-likeness (QED) is 0.164. The van der Waals surface area contributed by atoms with Crippen LogP contribution in [0.4, 0.5) is 0 Å². The molecule has 0 unspecified atom stereocenters. The zero-order chi connectivity index (χ0) is 29.1. The number of guanidine groups is 1. The molecular formula is C31H46ClN5NaO4. The van der Waals surface area contributed by atoms with Gasteiger partial charge in [-0.2, -0.15) is 0 Å². The van der Waals surface area contributed by atoms with Crippen LogP contribution in [0.1, 0.15) is 56.0 Å². The van der Waals surface area contributed by atoms with Gasteiger partial charge in [-0.25, -0.2) is 0 Å². The SMILES string of the molecule is CCCN=C(N)NC(=O)CC(C)(C)c1ccc(-c2ccc(C(=O)N3CCN(C)CC3)cc2)c(OCCCOC)c1.Cl.[Na]. The van der Waals surface area contributed by atoms with Crippen molar-refractivity contribution in [3.05, 3.63) is 53.6 Å². The van der Waals surface area contributed by atoms with Crippen LogP contribution in [-0.4, -0.2) is 117 Å². The molecule has 1 fully saturated rings. The summed E-state index contributed by atoms with van der Waals surface area (Å²) < 4.78 is 11.4. The molecule has 3 rings (SSSR count). The second kappa shape index (κ2) is 18.5. The van der Waals surface area contributed by atoms with Crippen molar-refractivity contribution in [2.45, 2.75) is 45.4 Å². The third-order valence-corrected chi connectivity index (χ3v) is 7.12. The van der Waals surface area contributed by atoms with E-state index in [0.717, 1.165) is 61.5 Å². The number of nitrogens with zero attached hydrogens (tertiary/aromatic N) is 3. The molecule has 1 aliphatic heterocycles. The number of carbonyl (C=O) groups is 2. The molecule has 42 heavy (non-hydrogen) atoms. The van der Waals surface area contributed by atoms with Gasteiger partial charge in [0, 0.05) is 100.0 Å². The summed E-state index contributed by atoms with van der Waals surface area (Å²) in [4.78, 5) is 34.0. The van der Waals surface area contributed by atoms with Gasteiger partial charge < -0.3 is 25.0 Å². The third-order valence-electron chi connectivity index (χ3n) is 7.12. The maximum absolute atomic E-state index is 13.0. The van der Waals surface area contributed by atoms with Crippen LogP contribution in [0, 0.1) is 0 Å². The number of nitrogens with one attached hydrogen (secondary N) is 1. The average molecular weight is 611 g/mol. The number of methoxy groups -OCH3 is 1. The Labute approximate surface area is 279 Å². The van der Waals surface area contributed by atoms with Gasteiger partial charge in [-0.3, -0.25) is 19.9 Å². The van der Waals surface area contributed by atoms with Gasteiger partial charge in [0.1, 0.15) is 5.75 Å². The fourth-order valence-electron chi connectivity index (χ4n) is 4.63. The number of likely N-dealkylation sites (N-methyl/N-ethyl adjacent to an activating group) is 1. The maximum atomic E-state index is 13.0. The number of hydrogen-bond acceptors (Lipinski definition) is 6. The molecule has 0 saturated carbocycles. The number of rotatable bonds is 12. The summed E-state index contributed by atoms with van der Waals surface area (Å²) in [7, 11) is 3.75. The van der Waals surface area contributed by atoms with Crippen LogP contribution in [0.25, 0.3) is 11.1 Å². The first kappa shape index (κ1) is 37.9. The van der Waals surface area contributed by atoms with E-state index in [9.17, 15) is 9.59 Å². The second-order valence-corrected chi connectivity index (χ2v) is 11.0. The van der Waals surface area contributed by atoms with Crippen molar-refractivity contribution in [2.75, 3.05) is 60.1 Å². The van der Waals surface area contributed by atoms with E-state index < -0.39 is 5.41 Å². The molecule has 1 heterocycles. The average Bonchev–Trinajstić information content (AvgIpc) is 2.94. The summed E-state index contributed by atoms with van der Waals surface area (Å²) in [5.74, 6) is 0.750. The molecule has 227 valence electrons. The molecule has 3 N–H and O–H groups in total. The number of carbonyl (C=O) groups excluding carboxylic acids is 2. The van der Waals surface area contributed by atoms with Crippen LogP contribution < -0.4 is 15.8 Å². The van der Waals surface area contributed by atoms with Gasteiger partial charge in [0.25, 0.3) is 5.91 Å². The number of benzene rings is 2. The first-order valence-corrected chi connectivity index (χ1v) is 14.1. The van der Waals surface area contributed by atoms with Crippen LogP contribution in [0.15, 0.2) is 47.5 Å². The summed E-state index contributed by atoms with van der Waals surface area (Å²) in [6, 6.07) is 13.8. The van der Waals surface area contributed by atoms with Crippen molar-refractivity contribution >= 4 is 59.7 Å². The number of piperazine rings is 1. The molecule has 0 bridgehead atoms. The summed E-state index contributed by atoms with van der Waals surface area (Å²) in [5.41, 5.74) is 8.91. The molecular weight excluding hydrogens is 565 g/mol. The Morgan fingerprint density at radius 2 is 1.71 bits per heavy atom. The Bertz CT molecular complexity index is 1170. The molecule has 9 nitrogen and oxygen atoms in total. The molecule has 11 heteroatoms. The molecule has 2 aromatic carbocycles. The minimum atomic E-state index is -0.475. The number of ether oxygens (including phenoxy) is 2. The monoisotopic (exact) mass is 610 g/mol. The Morgan fingerprint density at radius 3 is 2.33 bits per heavy atom. The third kappa shape index (κ3) is 11.2. The van der Waals surface area contributed by atoms with Crippen molar-refractivity contribution in [1.29, 1.82) is 0 Å². The number of nitrogens with two attached hydrogens (primary N) is 1. The second-order valence-electron chi connectivity index (χ2n) is 11.0. The Morgan fingerprint density at radius 1 is 1.05 bits per heavy atom. The van der Waals surface area contributed by atoms with Crippen molar-refractivity contribution in [2.24, 2.45) is 10.7 Å². The molecule has 0 atom stereocenters. The minimum Gasteiger partial charge on any atom is -0.493 e. The van der Waals surface area contributed by atoms with E-state index in [-0.39, 0.29) is 66.2 Å². The van der Waals surface area contributed by atoms with Gasteiger partial charge in [-0.1, -0.05) is 45.0 Å². The Hall–Kier alpha value is -2.14. The topological polar surface area (TPSA) is 109 Å². The van der Waals surface area contributed by atoms with Crippen molar-refractivity contribution in [3.8, 4) is 16.9 Å². The van der Waals surface area contributed by atoms with Crippen LogP contribution in [-0.2, 0) is 14.9 Å². The Balaban J connectivity index is 0.00000441. The minimum absolute atomic E-state index is 0. The smallest absolute Gasteiger partial charge is 0.253 e. The van der Waals surface area contributed by atoms with Gasteiger partial charge in [0.2, 0.25) is 5.91 Å². The largest absolute Gasteiger partial charge is 0.493 e. The molecule has 0 spiro atoms. The predicted octanol–water partition coefficient (Wildman–Crippen LogP) is 3.71. The van der Waals surface area contributed by atoms with Crippen molar-refractivity contribution in [3.63, 3.8) is 0 Å². The van der Waals surface area contributed by atoms with Crippen molar-refractivity contribution < 1.29 is 19.1 Å². The molecule has 1 radical (unpaired) electrons. The standard InChI is InChI=1S/C31H45N5O4.ClH.Na/c1-6-14-33-30(32)34-28(37)22-31(2,3)25-12-13-26(27(21-25)40-20-7-19-39-5)23-8-10-24(11-9-23)29(38)36-17-15-35(4)16-18-36;;/h8-13,21H,6-7,14-20,22H2,1-5H3,(H3,32,33,34,37);1H;. The van der Waals surface area contributed by atoms with E-state index in [0.29, 0.717) is 25.3 Å². The van der Waals surface area contributed by atoms with Crippen LogP contribution in [0.3, 0.4) is 0 Å². The van der Waals surface area contributed by atoms with E-state index in [1.165, 1.54) is 0 Å². The fraction of sp³-hybridized carbons (Fsp3) is 0.516. The van der Waals surface area contributed by atoms with Gasteiger partial charge in [-0.15, -0.1) is 12.4 Å². The molecule has 0 aromatic heterocycles.